The number of carboxylic acids is 1. The van der Waals surface area contributed by atoms with Crippen LogP contribution in [0, 0.1) is 5.92 Å². The summed E-state index contributed by atoms with van der Waals surface area (Å²) in [6.07, 6.45) is 0. The van der Waals surface area contributed by atoms with Gasteiger partial charge in [-0.25, -0.2) is 4.79 Å². The van der Waals surface area contributed by atoms with Crippen LogP contribution in [-0.4, -0.2) is 11.1 Å². The molecule has 0 aliphatic carbocycles. The van der Waals surface area contributed by atoms with Crippen LogP contribution in [0.3, 0.4) is 0 Å². The number of thiophene rings is 1. The fourth-order valence-electron chi connectivity index (χ4n) is 2.02. The number of anilines is 1. The Hall–Kier alpha value is -1.52. The van der Waals surface area contributed by atoms with Crippen molar-refractivity contribution in [3.63, 3.8) is 0 Å². The normalized spacial score (nSPS) is 12.4. The van der Waals surface area contributed by atoms with E-state index in [0.717, 1.165) is 0 Å². The zero-order valence-electron chi connectivity index (χ0n) is 11.3. The van der Waals surface area contributed by atoms with Crippen LogP contribution in [0.4, 0.5) is 5.69 Å². The van der Waals surface area contributed by atoms with Crippen molar-refractivity contribution in [2.45, 2.75) is 19.9 Å². The Labute approximate surface area is 127 Å². The molecule has 0 bridgehead atoms. The van der Waals surface area contributed by atoms with Gasteiger partial charge >= 0.3 is 5.97 Å². The van der Waals surface area contributed by atoms with Crippen LogP contribution in [0.5, 0.6) is 0 Å². The van der Waals surface area contributed by atoms with Gasteiger partial charge < -0.3 is 10.4 Å². The number of carbonyl (C=O) groups is 1. The second-order valence-corrected chi connectivity index (χ2v) is 6.29. The van der Waals surface area contributed by atoms with E-state index >= 15 is 0 Å². The first-order chi connectivity index (χ1) is 9.49. The molecule has 0 saturated carbocycles. The van der Waals surface area contributed by atoms with E-state index in [-0.39, 0.29) is 11.6 Å². The molecule has 1 unspecified atom stereocenters. The highest BCUT2D eigenvalue weighted by molar-refractivity contribution is 7.10. The van der Waals surface area contributed by atoms with Crippen molar-refractivity contribution in [1.82, 2.24) is 0 Å². The standard InChI is InChI=1S/C15H16ClNO2S/c1-9(2)14(13-4-3-7-20-13)17-12-8-10(16)5-6-11(12)15(18)19/h3-9,14,17H,1-2H3,(H,18,19). The number of rotatable bonds is 5. The van der Waals surface area contributed by atoms with E-state index in [1.807, 2.05) is 17.5 Å². The first-order valence-corrected chi connectivity index (χ1v) is 7.57. The summed E-state index contributed by atoms with van der Waals surface area (Å²) in [5.74, 6) is -0.632. The van der Waals surface area contributed by atoms with E-state index in [4.69, 9.17) is 11.6 Å². The molecule has 1 aromatic heterocycles. The summed E-state index contributed by atoms with van der Waals surface area (Å²) in [7, 11) is 0. The third kappa shape index (κ3) is 3.32. The summed E-state index contributed by atoms with van der Waals surface area (Å²) in [6, 6.07) is 8.88. The van der Waals surface area contributed by atoms with Gasteiger partial charge in [0.15, 0.2) is 0 Å². The Balaban J connectivity index is 2.36. The van der Waals surface area contributed by atoms with Crippen LogP contribution in [-0.2, 0) is 0 Å². The second-order valence-electron chi connectivity index (χ2n) is 4.88. The average molecular weight is 310 g/mol. The van der Waals surface area contributed by atoms with Crippen molar-refractivity contribution >= 4 is 34.6 Å². The molecule has 0 saturated heterocycles. The van der Waals surface area contributed by atoms with Crippen molar-refractivity contribution in [2.75, 3.05) is 5.32 Å². The van der Waals surface area contributed by atoms with Gasteiger partial charge in [-0.1, -0.05) is 31.5 Å². The van der Waals surface area contributed by atoms with Crippen molar-refractivity contribution in [3.05, 3.63) is 51.2 Å². The Kier molecular flexibility index (Phi) is 4.68. The van der Waals surface area contributed by atoms with Gasteiger partial charge in [0.05, 0.1) is 17.3 Å². The van der Waals surface area contributed by atoms with Gasteiger partial charge in [0.25, 0.3) is 0 Å². The number of benzene rings is 1. The lowest BCUT2D eigenvalue weighted by Gasteiger charge is -2.23. The van der Waals surface area contributed by atoms with Crippen molar-refractivity contribution < 1.29 is 9.90 Å². The first-order valence-electron chi connectivity index (χ1n) is 6.32. The summed E-state index contributed by atoms with van der Waals surface area (Å²) < 4.78 is 0. The maximum Gasteiger partial charge on any atom is 0.337 e. The number of hydrogen-bond donors (Lipinski definition) is 2. The topological polar surface area (TPSA) is 49.3 Å². The molecule has 0 aliphatic rings. The molecule has 0 radical (unpaired) electrons. The van der Waals surface area contributed by atoms with Crippen LogP contribution in [0.25, 0.3) is 0 Å². The van der Waals surface area contributed by atoms with Crippen LogP contribution >= 0.6 is 22.9 Å². The monoisotopic (exact) mass is 309 g/mol. The number of hydrogen-bond acceptors (Lipinski definition) is 3. The molecule has 3 nitrogen and oxygen atoms in total. The predicted octanol–water partition coefficient (Wildman–Crippen LogP) is 4.91. The van der Waals surface area contributed by atoms with Gasteiger partial charge in [-0.3, -0.25) is 0 Å². The minimum absolute atomic E-state index is 0.0616. The molecule has 1 aromatic carbocycles. The maximum atomic E-state index is 11.3. The third-order valence-electron chi connectivity index (χ3n) is 3.04. The zero-order valence-corrected chi connectivity index (χ0v) is 12.8. The summed E-state index contributed by atoms with van der Waals surface area (Å²) >= 11 is 7.63. The van der Waals surface area contributed by atoms with Crippen molar-refractivity contribution in [1.29, 1.82) is 0 Å². The second kappa shape index (κ2) is 6.29. The zero-order chi connectivity index (χ0) is 14.7. The molecule has 0 aliphatic heterocycles. The SMILES string of the molecule is CC(C)C(Nc1cc(Cl)ccc1C(=O)O)c1cccs1. The lowest BCUT2D eigenvalue weighted by molar-refractivity contribution is 0.0698. The number of carboxylic acid groups (broad SMARTS) is 1. The predicted molar refractivity (Wildman–Crippen MR) is 83.9 cm³/mol. The molecule has 2 aromatic rings. The van der Waals surface area contributed by atoms with Crippen LogP contribution in [0.2, 0.25) is 5.02 Å². The van der Waals surface area contributed by atoms with E-state index in [0.29, 0.717) is 16.6 Å². The molecule has 2 N–H and O–H groups in total. The Morgan fingerprint density at radius 2 is 2.10 bits per heavy atom. The molecular weight excluding hydrogens is 294 g/mol. The lowest BCUT2D eigenvalue weighted by Crippen LogP contribution is -2.17. The van der Waals surface area contributed by atoms with Crippen LogP contribution in [0.15, 0.2) is 35.7 Å². The van der Waals surface area contributed by atoms with Gasteiger partial charge in [0.2, 0.25) is 0 Å². The lowest BCUT2D eigenvalue weighted by atomic mass is 10.0. The molecule has 1 atom stereocenters. The van der Waals surface area contributed by atoms with Gasteiger partial charge in [-0.05, 0) is 35.6 Å². The Morgan fingerprint density at radius 1 is 1.35 bits per heavy atom. The minimum Gasteiger partial charge on any atom is -0.478 e. The van der Waals surface area contributed by atoms with E-state index in [9.17, 15) is 9.90 Å². The van der Waals surface area contributed by atoms with Gasteiger partial charge in [0, 0.05) is 9.90 Å². The molecule has 0 amide bonds. The Morgan fingerprint density at radius 3 is 2.65 bits per heavy atom. The highest BCUT2D eigenvalue weighted by Crippen LogP contribution is 2.32. The summed E-state index contributed by atoms with van der Waals surface area (Å²) in [4.78, 5) is 12.5. The molecule has 106 valence electrons. The summed E-state index contributed by atoms with van der Waals surface area (Å²) in [6.45, 7) is 4.20. The van der Waals surface area contributed by atoms with Crippen LogP contribution < -0.4 is 5.32 Å². The molecule has 5 heteroatoms. The van der Waals surface area contributed by atoms with Crippen LogP contribution in [0.1, 0.15) is 35.1 Å². The highest BCUT2D eigenvalue weighted by Gasteiger charge is 2.19. The Bertz CT molecular complexity index is 596. The van der Waals surface area contributed by atoms with Gasteiger partial charge in [0.1, 0.15) is 0 Å². The average Bonchev–Trinajstić information content (AvgIpc) is 2.88. The fraction of sp³-hybridized carbons (Fsp3) is 0.267. The molecule has 0 fully saturated rings. The maximum absolute atomic E-state index is 11.3. The number of aromatic carboxylic acids is 1. The minimum atomic E-state index is -0.960. The summed E-state index contributed by atoms with van der Waals surface area (Å²) in [5, 5.41) is 15.1. The molecule has 20 heavy (non-hydrogen) atoms. The molecular formula is C15H16ClNO2S. The van der Waals surface area contributed by atoms with Crippen molar-refractivity contribution in [2.24, 2.45) is 5.92 Å². The highest BCUT2D eigenvalue weighted by atomic mass is 35.5. The van der Waals surface area contributed by atoms with E-state index < -0.39 is 5.97 Å². The van der Waals surface area contributed by atoms with E-state index in [1.165, 1.54) is 10.9 Å². The number of nitrogens with one attached hydrogen (secondary N) is 1. The van der Waals surface area contributed by atoms with Crippen molar-refractivity contribution in [3.8, 4) is 0 Å². The molecule has 2 rings (SSSR count). The summed E-state index contributed by atoms with van der Waals surface area (Å²) in [5.41, 5.74) is 0.786. The third-order valence-corrected chi connectivity index (χ3v) is 4.23. The largest absolute Gasteiger partial charge is 0.478 e. The van der Waals surface area contributed by atoms with E-state index in [2.05, 4.69) is 19.2 Å². The van der Waals surface area contributed by atoms with E-state index in [1.54, 1.807) is 23.5 Å². The van der Waals surface area contributed by atoms with Gasteiger partial charge in [-0.15, -0.1) is 11.3 Å². The number of halogens is 1. The molecule has 0 spiro atoms. The fourth-order valence-corrected chi connectivity index (χ4v) is 3.15. The first kappa shape index (κ1) is 14.9. The van der Waals surface area contributed by atoms with Gasteiger partial charge in [-0.2, -0.15) is 0 Å². The smallest absolute Gasteiger partial charge is 0.337 e. The quantitative estimate of drug-likeness (QED) is 0.825. The molecule has 1 heterocycles.